The SMILES string of the molecule is Cn1nc(C2CCC(=O)NC2=O)c2ccc(C3CCCNC3)cc21. The summed E-state index contributed by atoms with van der Waals surface area (Å²) in [6.07, 6.45) is 3.32. The molecule has 126 valence electrons. The van der Waals surface area contributed by atoms with Crippen molar-refractivity contribution >= 4 is 22.7 Å². The highest BCUT2D eigenvalue weighted by molar-refractivity contribution is 6.02. The van der Waals surface area contributed by atoms with E-state index in [4.69, 9.17) is 0 Å². The molecule has 2 aromatic rings. The summed E-state index contributed by atoms with van der Waals surface area (Å²) in [5.74, 6) is -0.221. The van der Waals surface area contributed by atoms with Gasteiger partial charge in [-0.05, 0) is 43.4 Å². The Labute approximate surface area is 140 Å². The number of nitrogens with zero attached hydrogens (tertiary/aromatic N) is 2. The topological polar surface area (TPSA) is 76.0 Å². The van der Waals surface area contributed by atoms with Crippen molar-refractivity contribution in [1.82, 2.24) is 20.4 Å². The van der Waals surface area contributed by atoms with Gasteiger partial charge in [0.15, 0.2) is 0 Å². The molecular weight excluding hydrogens is 304 g/mol. The summed E-state index contributed by atoms with van der Waals surface area (Å²) in [5.41, 5.74) is 3.16. The number of nitrogens with one attached hydrogen (secondary N) is 2. The number of hydrogen-bond donors (Lipinski definition) is 2. The lowest BCUT2D eigenvalue weighted by atomic mass is 9.89. The highest BCUT2D eigenvalue weighted by Crippen LogP contribution is 2.32. The maximum atomic E-state index is 12.2. The normalized spacial score (nSPS) is 25.0. The zero-order valence-electron chi connectivity index (χ0n) is 13.8. The fourth-order valence-corrected chi connectivity index (χ4v) is 3.90. The number of benzene rings is 1. The molecule has 6 heteroatoms. The van der Waals surface area contributed by atoms with Crippen LogP contribution >= 0.6 is 0 Å². The van der Waals surface area contributed by atoms with Crippen LogP contribution in [-0.2, 0) is 16.6 Å². The third-order valence-electron chi connectivity index (χ3n) is 5.24. The number of hydrogen-bond acceptors (Lipinski definition) is 4. The highest BCUT2D eigenvalue weighted by Gasteiger charge is 2.31. The number of carbonyl (C=O) groups excluding carboxylic acids is 2. The summed E-state index contributed by atoms with van der Waals surface area (Å²) >= 11 is 0. The third-order valence-corrected chi connectivity index (χ3v) is 5.24. The van der Waals surface area contributed by atoms with Gasteiger partial charge in [0, 0.05) is 25.4 Å². The van der Waals surface area contributed by atoms with E-state index in [1.807, 2.05) is 11.7 Å². The van der Waals surface area contributed by atoms with E-state index in [0.29, 0.717) is 18.8 Å². The standard InChI is InChI=1S/C18H22N4O2/c1-22-15-9-11(12-3-2-8-19-10-12)4-5-13(15)17(21-22)14-6-7-16(23)20-18(14)24/h4-5,9,12,14,19H,2-3,6-8,10H2,1H3,(H,20,23,24). The lowest BCUT2D eigenvalue weighted by Gasteiger charge is -2.23. The Morgan fingerprint density at radius 3 is 2.88 bits per heavy atom. The summed E-state index contributed by atoms with van der Waals surface area (Å²) in [6, 6.07) is 6.46. The third kappa shape index (κ3) is 2.60. The van der Waals surface area contributed by atoms with Crippen LogP contribution in [-0.4, -0.2) is 34.7 Å². The number of imide groups is 1. The molecule has 2 fully saturated rings. The van der Waals surface area contributed by atoms with Crippen LogP contribution in [0.5, 0.6) is 0 Å². The lowest BCUT2D eigenvalue weighted by Crippen LogP contribution is -2.39. The molecule has 1 aromatic heterocycles. The highest BCUT2D eigenvalue weighted by atomic mass is 16.2. The van der Waals surface area contributed by atoms with Gasteiger partial charge in [-0.3, -0.25) is 19.6 Å². The summed E-state index contributed by atoms with van der Waals surface area (Å²) in [5, 5.41) is 11.5. The van der Waals surface area contributed by atoms with E-state index in [2.05, 4.69) is 33.9 Å². The first-order chi connectivity index (χ1) is 11.6. The molecule has 0 aliphatic carbocycles. The zero-order valence-corrected chi connectivity index (χ0v) is 13.8. The van der Waals surface area contributed by atoms with Gasteiger partial charge < -0.3 is 5.32 Å². The second-order valence-corrected chi connectivity index (χ2v) is 6.83. The first-order valence-corrected chi connectivity index (χ1v) is 8.64. The summed E-state index contributed by atoms with van der Waals surface area (Å²) < 4.78 is 1.86. The Bertz CT molecular complexity index is 805. The van der Waals surface area contributed by atoms with Crippen LogP contribution in [0.25, 0.3) is 10.9 Å². The van der Waals surface area contributed by atoms with Crippen molar-refractivity contribution in [2.45, 2.75) is 37.5 Å². The minimum absolute atomic E-state index is 0.191. The number of rotatable bonds is 2. The van der Waals surface area contributed by atoms with Crippen molar-refractivity contribution in [1.29, 1.82) is 0 Å². The van der Waals surface area contributed by atoms with Gasteiger partial charge in [-0.25, -0.2) is 0 Å². The Morgan fingerprint density at radius 1 is 1.25 bits per heavy atom. The van der Waals surface area contributed by atoms with Gasteiger partial charge in [-0.2, -0.15) is 5.10 Å². The van der Waals surface area contributed by atoms with Crippen LogP contribution in [0.1, 0.15) is 48.8 Å². The van der Waals surface area contributed by atoms with E-state index in [9.17, 15) is 9.59 Å². The minimum atomic E-state index is -0.339. The van der Waals surface area contributed by atoms with Crippen LogP contribution in [0, 0.1) is 0 Å². The van der Waals surface area contributed by atoms with Crippen molar-refractivity contribution in [3.8, 4) is 0 Å². The molecule has 2 N–H and O–H groups in total. The average Bonchev–Trinajstić information content (AvgIpc) is 2.92. The molecule has 2 saturated heterocycles. The van der Waals surface area contributed by atoms with E-state index >= 15 is 0 Å². The van der Waals surface area contributed by atoms with Gasteiger partial charge in [0.05, 0.1) is 17.1 Å². The molecular formula is C18H22N4O2. The maximum absolute atomic E-state index is 12.2. The summed E-state index contributed by atoms with van der Waals surface area (Å²) in [4.78, 5) is 23.6. The second-order valence-electron chi connectivity index (χ2n) is 6.83. The average molecular weight is 326 g/mol. The number of piperidine rings is 2. The van der Waals surface area contributed by atoms with Crippen LogP contribution < -0.4 is 10.6 Å². The molecule has 2 amide bonds. The minimum Gasteiger partial charge on any atom is -0.316 e. The van der Waals surface area contributed by atoms with Crippen molar-refractivity contribution in [2.75, 3.05) is 13.1 Å². The van der Waals surface area contributed by atoms with Gasteiger partial charge in [-0.15, -0.1) is 0 Å². The number of fused-ring (bicyclic) bond motifs is 1. The molecule has 2 unspecified atom stereocenters. The predicted octanol–water partition coefficient (Wildman–Crippen LogP) is 1.56. The molecule has 2 aliphatic rings. The predicted molar refractivity (Wildman–Crippen MR) is 90.7 cm³/mol. The monoisotopic (exact) mass is 326 g/mol. The molecule has 6 nitrogen and oxygen atoms in total. The van der Waals surface area contributed by atoms with Gasteiger partial charge >= 0.3 is 0 Å². The van der Waals surface area contributed by atoms with Gasteiger partial charge in [0.25, 0.3) is 0 Å². The number of aryl methyl sites for hydroxylation is 1. The first-order valence-electron chi connectivity index (χ1n) is 8.64. The summed E-state index contributed by atoms with van der Waals surface area (Å²) in [7, 11) is 1.92. The van der Waals surface area contributed by atoms with Crippen molar-refractivity contribution in [2.24, 2.45) is 7.05 Å². The molecule has 3 heterocycles. The number of carbonyl (C=O) groups is 2. The first kappa shape index (κ1) is 15.3. The van der Waals surface area contributed by atoms with E-state index < -0.39 is 0 Å². The van der Waals surface area contributed by atoms with E-state index in [-0.39, 0.29) is 17.7 Å². The number of amides is 2. The molecule has 24 heavy (non-hydrogen) atoms. The molecule has 1 aromatic carbocycles. The van der Waals surface area contributed by atoms with Crippen LogP contribution in [0.4, 0.5) is 0 Å². The fourth-order valence-electron chi connectivity index (χ4n) is 3.90. The lowest BCUT2D eigenvalue weighted by molar-refractivity contribution is -0.134. The van der Waals surface area contributed by atoms with E-state index in [1.54, 1.807) is 0 Å². The zero-order chi connectivity index (χ0) is 16.7. The molecule has 0 spiro atoms. The Balaban J connectivity index is 1.71. The summed E-state index contributed by atoms with van der Waals surface area (Å²) in [6.45, 7) is 2.12. The molecule has 0 bridgehead atoms. The molecule has 4 rings (SSSR count). The maximum Gasteiger partial charge on any atom is 0.235 e. The van der Waals surface area contributed by atoms with E-state index in [1.165, 1.54) is 18.4 Å². The molecule has 0 saturated carbocycles. The van der Waals surface area contributed by atoms with Crippen LogP contribution in [0.2, 0.25) is 0 Å². The molecule has 2 aliphatic heterocycles. The van der Waals surface area contributed by atoms with Gasteiger partial charge in [-0.1, -0.05) is 12.1 Å². The Kier molecular flexibility index (Phi) is 3.84. The van der Waals surface area contributed by atoms with Crippen molar-refractivity contribution in [3.63, 3.8) is 0 Å². The smallest absolute Gasteiger partial charge is 0.235 e. The van der Waals surface area contributed by atoms with Crippen molar-refractivity contribution in [3.05, 3.63) is 29.5 Å². The van der Waals surface area contributed by atoms with Gasteiger partial charge in [0.2, 0.25) is 11.8 Å². The molecule has 2 atom stereocenters. The quantitative estimate of drug-likeness (QED) is 0.821. The molecule has 0 radical (unpaired) electrons. The van der Waals surface area contributed by atoms with Crippen LogP contribution in [0.3, 0.4) is 0 Å². The van der Waals surface area contributed by atoms with Crippen LogP contribution in [0.15, 0.2) is 18.2 Å². The largest absolute Gasteiger partial charge is 0.316 e. The van der Waals surface area contributed by atoms with E-state index in [0.717, 1.165) is 29.7 Å². The van der Waals surface area contributed by atoms with Crippen molar-refractivity contribution < 1.29 is 9.59 Å². The number of aromatic nitrogens is 2. The second kappa shape index (κ2) is 6.02. The Morgan fingerprint density at radius 2 is 2.12 bits per heavy atom. The fraction of sp³-hybridized carbons (Fsp3) is 0.500. The Hall–Kier alpha value is -2.21. The van der Waals surface area contributed by atoms with Gasteiger partial charge in [0.1, 0.15) is 0 Å².